The SMILES string of the molecule is CON/C=C\C=C1/CC=C(c2cc(Cl)c(OC)c(OC)c2)N=C1O[C@H](C)[C@H]1CNC(=O)C1. The monoisotopic (exact) mass is 461 g/mol. The van der Waals surface area contributed by atoms with Gasteiger partial charge in [0.05, 0.1) is 32.0 Å². The number of halogens is 1. The van der Waals surface area contributed by atoms with Crippen molar-refractivity contribution >= 4 is 29.1 Å². The van der Waals surface area contributed by atoms with Crippen molar-refractivity contribution in [3.63, 3.8) is 0 Å². The molecular formula is C23H28ClN3O5. The van der Waals surface area contributed by atoms with Gasteiger partial charge in [0.1, 0.15) is 6.10 Å². The van der Waals surface area contributed by atoms with Gasteiger partial charge < -0.3 is 19.5 Å². The van der Waals surface area contributed by atoms with E-state index >= 15 is 0 Å². The van der Waals surface area contributed by atoms with Gasteiger partial charge in [0.25, 0.3) is 0 Å². The van der Waals surface area contributed by atoms with E-state index in [1.165, 1.54) is 7.11 Å². The van der Waals surface area contributed by atoms with Crippen LogP contribution in [0.15, 0.2) is 47.1 Å². The average Bonchev–Trinajstić information content (AvgIpc) is 3.23. The molecule has 9 heteroatoms. The van der Waals surface area contributed by atoms with Gasteiger partial charge in [0, 0.05) is 36.2 Å². The predicted molar refractivity (Wildman–Crippen MR) is 124 cm³/mol. The summed E-state index contributed by atoms with van der Waals surface area (Å²) in [5, 5.41) is 3.28. The fourth-order valence-corrected chi connectivity index (χ4v) is 3.80. The van der Waals surface area contributed by atoms with Gasteiger partial charge in [-0.05, 0) is 31.6 Å². The zero-order valence-corrected chi connectivity index (χ0v) is 19.4. The summed E-state index contributed by atoms with van der Waals surface area (Å²) >= 11 is 6.39. The molecule has 172 valence electrons. The molecule has 1 fully saturated rings. The number of allylic oxidation sites excluding steroid dienone is 3. The number of hydrogen-bond acceptors (Lipinski definition) is 7. The van der Waals surface area contributed by atoms with Gasteiger partial charge in [-0.25, -0.2) is 4.99 Å². The molecule has 2 atom stereocenters. The van der Waals surface area contributed by atoms with Crippen LogP contribution < -0.4 is 20.3 Å². The number of carbonyl (C=O) groups is 1. The molecule has 8 nitrogen and oxygen atoms in total. The second-order valence-corrected chi connectivity index (χ2v) is 7.78. The smallest absolute Gasteiger partial charge is 0.220 e. The highest BCUT2D eigenvalue weighted by Gasteiger charge is 2.30. The van der Waals surface area contributed by atoms with Gasteiger partial charge in [-0.1, -0.05) is 23.8 Å². The maximum atomic E-state index is 11.6. The van der Waals surface area contributed by atoms with Crippen molar-refractivity contribution in [1.29, 1.82) is 0 Å². The number of nitrogens with zero attached hydrogens (tertiary/aromatic N) is 1. The number of hydrogen-bond donors (Lipinski definition) is 2. The van der Waals surface area contributed by atoms with Crippen molar-refractivity contribution in [3.05, 3.63) is 52.7 Å². The Morgan fingerprint density at radius 3 is 2.75 bits per heavy atom. The molecule has 2 N–H and O–H groups in total. The summed E-state index contributed by atoms with van der Waals surface area (Å²) in [5.74, 6) is 1.62. The van der Waals surface area contributed by atoms with Crippen LogP contribution in [0.2, 0.25) is 5.02 Å². The molecule has 1 aromatic carbocycles. The Labute approximate surface area is 192 Å². The Morgan fingerprint density at radius 1 is 1.28 bits per heavy atom. The lowest BCUT2D eigenvalue weighted by Gasteiger charge is -2.24. The lowest BCUT2D eigenvalue weighted by atomic mass is 10.0. The largest absolute Gasteiger partial charge is 0.493 e. The minimum atomic E-state index is -0.189. The van der Waals surface area contributed by atoms with E-state index in [2.05, 4.69) is 10.8 Å². The first kappa shape index (κ1) is 23.7. The first-order valence-electron chi connectivity index (χ1n) is 10.3. The van der Waals surface area contributed by atoms with Crippen molar-refractivity contribution in [1.82, 2.24) is 10.8 Å². The molecule has 2 heterocycles. The van der Waals surface area contributed by atoms with Gasteiger partial charge in [0.2, 0.25) is 11.8 Å². The summed E-state index contributed by atoms with van der Waals surface area (Å²) in [6.45, 7) is 2.55. The number of hydroxylamine groups is 1. The molecule has 0 aliphatic carbocycles. The summed E-state index contributed by atoms with van der Waals surface area (Å²) in [4.78, 5) is 21.2. The molecular weight excluding hydrogens is 434 g/mol. The van der Waals surface area contributed by atoms with Crippen LogP contribution in [0, 0.1) is 5.92 Å². The van der Waals surface area contributed by atoms with Crippen LogP contribution in [0.25, 0.3) is 5.70 Å². The van der Waals surface area contributed by atoms with Crippen molar-refractivity contribution in [2.75, 3.05) is 27.9 Å². The zero-order valence-electron chi connectivity index (χ0n) is 18.6. The van der Waals surface area contributed by atoms with Gasteiger partial charge in [-0.3, -0.25) is 15.1 Å². The molecule has 1 amide bonds. The van der Waals surface area contributed by atoms with Crippen LogP contribution in [-0.2, 0) is 14.4 Å². The van der Waals surface area contributed by atoms with Gasteiger partial charge in [-0.15, -0.1) is 0 Å². The molecule has 0 radical (unpaired) electrons. The van der Waals surface area contributed by atoms with E-state index in [1.807, 2.05) is 31.2 Å². The van der Waals surface area contributed by atoms with Crippen molar-refractivity contribution in [2.45, 2.75) is 25.9 Å². The number of carbonyl (C=O) groups excluding carboxylic acids is 1. The van der Waals surface area contributed by atoms with Crippen LogP contribution in [0.5, 0.6) is 11.5 Å². The minimum Gasteiger partial charge on any atom is -0.493 e. The Morgan fingerprint density at radius 2 is 2.09 bits per heavy atom. The maximum Gasteiger partial charge on any atom is 0.220 e. The van der Waals surface area contributed by atoms with E-state index in [1.54, 1.807) is 26.5 Å². The maximum absolute atomic E-state index is 11.6. The molecule has 0 unspecified atom stereocenters. The van der Waals surface area contributed by atoms with E-state index in [0.717, 1.165) is 11.1 Å². The fraction of sp³-hybridized carbons (Fsp3) is 0.391. The molecule has 2 aliphatic rings. The lowest BCUT2D eigenvalue weighted by molar-refractivity contribution is -0.119. The summed E-state index contributed by atoms with van der Waals surface area (Å²) in [7, 11) is 4.64. The Kier molecular flexibility index (Phi) is 8.19. The van der Waals surface area contributed by atoms with Crippen LogP contribution in [0.3, 0.4) is 0 Å². The van der Waals surface area contributed by atoms with Crippen LogP contribution in [-0.4, -0.2) is 45.8 Å². The van der Waals surface area contributed by atoms with Crippen molar-refractivity contribution in [2.24, 2.45) is 10.9 Å². The van der Waals surface area contributed by atoms with Crippen LogP contribution >= 0.6 is 11.6 Å². The van der Waals surface area contributed by atoms with E-state index in [9.17, 15) is 4.79 Å². The standard InChI is InChI=1S/C23H28ClN3O5/c1-14(17-12-21(28)25-13-17)32-23-15(6-5-9-26-31-4)7-8-19(27-23)16-10-18(24)22(30-3)20(11-16)29-2/h5-6,8-11,14,17,26H,7,12-13H2,1-4H3,(H,25,28)/b9-5-,15-6+/t14-,17-/m1/s1. The summed E-state index contributed by atoms with van der Waals surface area (Å²) < 4.78 is 17.0. The highest BCUT2D eigenvalue weighted by molar-refractivity contribution is 6.32. The zero-order chi connectivity index (χ0) is 23.1. The first-order chi connectivity index (χ1) is 15.5. The topological polar surface area (TPSA) is 90.4 Å². The number of rotatable bonds is 8. The average molecular weight is 462 g/mol. The number of ether oxygens (including phenoxy) is 3. The fourth-order valence-electron chi connectivity index (χ4n) is 3.51. The molecule has 1 saturated heterocycles. The molecule has 2 aliphatic heterocycles. The normalized spacial score (nSPS) is 20.6. The molecule has 3 rings (SSSR count). The van der Waals surface area contributed by atoms with Gasteiger partial charge in [-0.2, -0.15) is 0 Å². The molecule has 0 saturated carbocycles. The lowest BCUT2D eigenvalue weighted by Crippen LogP contribution is -2.27. The predicted octanol–water partition coefficient (Wildman–Crippen LogP) is 3.63. The first-order valence-corrected chi connectivity index (χ1v) is 10.6. The Balaban J connectivity index is 1.91. The van der Waals surface area contributed by atoms with Crippen LogP contribution in [0.4, 0.5) is 0 Å². The number of benzene rings is 1. The highest BCUT2D eigenvalue weighted by Crippen LogP contribution is 2.39. The molecule has 0 aromatic heterocycles. The van der Waals surface area contributed by atoms with E-state index in [0.29, 0.717) is 47.5 Å². The van der Waals surface area contributed by atoms with E-state index in [4.69, 9.17) is 35.6 Å². The third-order valence-corrected chi connectivity index (χ3v) is 5.57. The van der Waals surface area contributed by atoms with Crippen LogP contribution in [0.1, 0.15) is 25.3 Å². The number of aliphatic imine (C=N–C) groups is 1. The van der Waals surface area contributed by atoms with Crippen molar-refractivity contribution in [3.8, 4) is 11.5 Å². The number of nitrogens with one attached hydrogen (secondary N) is 2. The third-order valence-electron chi connectivity index (χ3n) is 5.29. The molecule has 1 aromatic rings. The summed E-state index contributed by atoms with van der Waals surface area (Å²) in [5.41, 5.74) is 5.05. The number of amides is 1. The highest BCUT2D eigenvalue weighted by atomic mass is 35.5. The second kappa shape index (κ2) is 11.1. The van der Waals surface area contributed by atoms with E-state index in [-0.39, 0.29) is 17.9 Å². The van der Waals surface area contributed by atoms with E-state index < -0.39 is 0 Å². The minimum absolute atomic E-state index is 0.0425. The summed E-state index contributed by atoms with van der Waals surface area (Å²) in [6, 6.07) is 3.62. The third kappa shape index (κ3) is 5.63. The quantitative estimate of drug-likeness (QED) is 0.574. The molecule has 0 spiro atoms. The Hall–Kier alpha value is -2.97. The molecule has 0 bridgehead atoms. The van der Waals surface area contributed by atoms with Crippen molar-refractivity contribution < 1.29 is 23.8 Å². The van der Waals surface area contributed by atoms with Gasteiger partial charge >= 0.3 is 0 Å². The second-order valence-electron chi connectivity index (χ2n) is 7.37. The summed E-state index contributed by atoms with van der Waals surface area (Å²) in [6.07, 6.45) is 8.25. The molecule has 32 heavy (non-hydrogen) atoms. The number of methoxy groups -OCH3 is 2. The Bertz CT molecular complexity index is 971. The van der Waals surface area contributed by atoms with Gasteiger partial charge in [0.15, 0.2) is 11.5 Å².